The van der Waals surface area contributed by atoms with Gasteiger partial charge in [0.2, 0.25) is 11.8 Å². The molecule has 1 aliphatic carbocycles. The fraction of sp³-hybridized carbons (Fsp3) is 0.250. The average Bonchev–Trinajstić information content (AvgIpc) is 3.44. The van der Waals surface area contributed by atoms with Crippen molar-refractivity contribution in [1.29, 1.82) is 0 Å². The molecule has 0 aliphatic heterocycles. The van der Waals surface area contributed by atoms with Crippen molar-refractivity contribution in [2.75, 3.05) is 17.2 Å². The molecule has 1 heterocycles. The van der Waals surface area contributed by atoms with E-state index in [1.165, 1.54) is 11.3 Å². The Morgan fingerprint density at radius 1 is 1.22 bits per heavy atom. The monoisotopic (exact) mass is 381 g/mol. The van der Waals surface area contributed by atoms with Crippen LogP contribution in [0.4, 0.5) is 10.7 Å². The van der Waals surface area contributed by atoms with E-state index in [-0.39, 0.29) is 30.2 Å². The Morgan fingerprint density at radius 2 is 2.00 bits per heavy atom. The van der Waals surface area contributed by atoms with Gasteiger partial charge in [0.05, 0.1) is 16.4 Å². The quantitative estimate of drug-likeness (QED) is 0.673. The number of terminal acetylenes is 1. The van der Waals surface area contributed by atoms with E-state index < -0.39 is 0 Å². The molecule has 0 radical (unpaired) electrons. The van der Waals surface area contributed by atoms with Gasteiger partial charge >= 0.3 is 0 Å². The van der Waals surface area contributed by atoms with Gasteiger partial charge in [-0.25, -0.2) is 0 Å². The molecular formula is C20H19N3O3S. The van der Waals surface area contributed by atoms with Gasteiger partial charge in [0, 0.05) is 17.2 Å². The first-order chi connectivity index (χ1) is 13.0. The van der Waals surface area contributed by atoms with Crippen LogP contribution in [0, 0.1) is 25.2 Å². The van der Waals surface area contributed by atoms with Crippen molar-refractivity contribution in [1.82, 2.24) is 5.32 Å². The summed E-state index contributed by atoms with van der Waals surface area (Å²) >= 11 is 1.20. The molecule has 0 atom stereocenters. The predicted molar refractivity (Wildman–Crippen MR) is 106 cm³/mol. The van der Waals surface area contributed by atoms with Crippen molar-refractivity contribution >= 4 is 39.7 Å². The summed E-state index contributed by atoms with van der Waals surface area (Å²) in [5.74, 6) is 1.89. The van der Waals surface area contributed by atoms with Crippen molar-refractivity contribution < 1.29 is 14.4 Å². The van der Waals surface area contributed by atoms with Gasteiger partial charge in [0.25, 0.3) is 5.91 Å². The van der Waals surface area contributed by atoms with Crippen LogP contribution in [0.5, 0.6) is 0 Å². The number of hydrogen-bond donors (Lipinski definition) is 3. The van der Waals surface area contributed by atoms with Crippen molar-refractivity contribution in [2.24, 2.45) is 5.92 Å². The van der Waals surface area contributed by atoms with Crippen molar-refractivity contribution in [2.45, 2.75) is 19.8 Å². The Hall–Kier alpha value is -3.11. The Morgan fingerprint density at radius 3 is 2.70 bits per heavy atom. The van der Waals surface area contributed by atoms with E-state index in [4.69, 9.17) is 6.42 Å². The molecule has 0 spiro atoms. The van der Waals surface area contributed by atoms with Gasteiger partial charge in [0.1, 0.15) is 0 Å². The molecule has 0 unspecified atom stereocenters. The molecule has 0 bridgehead atoms. The Kier molecular flexibility index (Phi) is 5.57. The highest BCUT2D eigenvalue weighted by Crippen LogP contribution is 2.32. The van der Waals surface area contributed by atoms with Gasteiger partial charge in [0.15, 0.2) is 0 Å². The van der Waals surface area contributed by atoms with Gasteiger partial charge in [-0.2, -0.15) is 0 Å². The SMILES string of the molecule is C#Cc1cccc(NC(=O)CNC(=O)c2sc(NC(=O)C3CC3)cc2C)c1. The molecular weight excluding hydrogens is 362 g/mol. The van der Waals surface area contributed by atoms with E-state index in [0.29, 0.717) is 21.1 Å². The minimum absolute atomic E-state index is 0.00298. The molecule has 7 heteroatoms. The normalized spacial score (nSPS) is 12.7. The third kappa shape index (κ3) is 4.96. The Bertz CT molecular complexity index is 938. The first kappa shape index (κ1) is 18.7. The predicted octanol–water partition coefficient (Wildman–Crippen LogP) is 2.75. The summed E-state index contributed by atoms with van der Waals surface area (Å²) in [4.78, 5) is 36.7. The lowest BCUT2D eigenvalue weighted by atomic mass is 10.2. The number of amides is 3. The minimum atomic E-state index is -0.353. The maximum absolute atomic E-state index is 12.3. The number of thiophene rings is 1. The molecule has 3 amide bonds. The topological polar surface area (TPSA) is 87.3 Å². The summed E-state index contributed by atoms with van der Waals surface area (Å²) in [5, 5.41) is 8.76. The Labute approximate surface area is 161 Å². The van der Waals surface area contributed by atoms with E-state index >= 15 is 0 Å². The third-order valence-electron chi connectivity index (χ3n) is 4.04. The lowest BCUT2D eigenvalue weighted by molar-refractivity contribution is -0.117. The molecule has 138 valence electrons. The van der Waals surface area contributed by atoms with Gasteiger partial charge in [-0.1, -0.05) is 12.0 Å². The summed E-state index contributed by atoms with van der Waals surface area (Å²) in [6.07, 6.45) is 7.17. The number of rotatable bonds is 6. The highest BCUT2D eigenvalue weighted by Gasteiger charge is 2.30. The van der Waals surface area contributed by atoms with Gasteiger partial charge in [-0.3, -0.25) is 14.4 Å². The number of nitrogens with one attached hydrogen (secondary N) is 3. The van der Waals surface area contributed by atoms with Crippen LogP contribution in [0.15, 0.2) is 30.3 Å². The molecule has 1 fully saturated rings. The Balaban J connectivity index is 1.54. The zero-order valence-electron chi connectivity index (χ0n) is 14.8. The molecule has 27 heavy (non-hydrogen) atoms. The number of carbonyl (C=O) groups is 3. The van der Waals surface area contributed by atoms with E-state index in [9.17, 15) is 14.4 Å². The summed E-state index contributed by atoms with van der Waals surface area (Å²) < 4.78 is 0. The van der Waals surface area contributed by atoms with E-state index in [1.54, 1.807) is 37.3 Å². The van der Waals surface area contributed by atoms with Crippen LogP contribution in [0.2, 0.25) is 0 Å². The van der Waals surface area contributed by atoms with Crippen LogP contribution < -0.4 is 16.0 Å². The summed E-state index contributed by atoms with van der Waals surface area (Å²) in [6, 6.07) is 8.68. The number of benzene rings is 1. The summed E-state index contributed by atoms with van der Waals surface area (Å²) in [7, 11) is 0. The molecule has 1 aliphatic rings. The summed E-state index contributed by atoms with van der Waals surface area (Å²) in [5.41, 5.74) is 1.99. The van der Waals surface area contributed by atoms with Crippen LogP contribution in [0.1, 0.15) is 33.6 Å². The number of aryl methyl sites for hydroxylation is 1. The summed E-state index contributed by atoms with van der Waals surface area (Å²) in [6.45, 7) is 1.63. The highest BCUT2D eigenvalue weighted by molar-refractivity contribution is 7.18. The molecule has 1 aromatic heterocycles. The zero-order valence-corrected chi connectivity index (χ0v) is 15.6. The maximum Gasteiger partial charge on any atom is 0.262 e. The van der Waals surface area contributed by atoms with Crippen molar-refractivity contribution in [3.05, 3.63) is 46.3 Å². The average molecular weight is 381 g/mol. The number of hydrogen-bond acceptors (Lipinski definition) is 4. The molecule has 1 saturated carbocycles. The first-order valence-corrected chi connectivity index (χ1v) is 9.34. The van der Waals surface area contributed by atoms with Gasteiger partial charge < -0.3 is 16.0 Å². The van der Waals surface area contributed by atoms with Crippen molar-refractivity contribution in [3.8, 4) is 12.3 Å². The number of anilines is 2. The van der Waals surface area contributed by atoms with Crippen LogP contribution >= 0.6 is 11.3 Å². The van der Waals surface area contributed by atoms with E-state index in [1.807, 2.05) is 0 Å². The number of carbonyl (C=O) groups excluding carboxylic acids is 3. The van der Waals surface area contributed by atoms with Crippen LogP contribution in [-0.2, 0) is 9.59 Å². The molecule has 0 saturated heterocycles. The minimum Gasteiger partial charge on any atom is -0.342 e. The standard InChI is InChI=1S/C20H19N3O3S/c1-3-13-5-4-6-15(10-13)22-16(24)11-21-20(26)18-12(2)9-17(27-18)23-19(25)14-7-8-14/h1,4-6,9-10,14H,7-8,11H2,2H3,(H,21,26)(H,22,24)(H,23,25). The zero-order chi connectivity index (χ0) is 19.4. The lowest BCUT2D eigenvalue weighted by Gasteiger charge is -2.07. The molecule has 1 aromatic carbocycles. The van der Waals surface area contributed by atoms with Crippen LogP contribution in [-0.4, -0.2) is 24.3 Å². The van der Waals surface area contributed by atoms with Gasteiger partial charge in [-0.05, 0) is 49.6 Å². The van der Waals surface area contributed by atoms with Gasteiger partial charge in [-0.15, -0.1) is 17.8 Å². The fourth-order valence-electron chi connectivity index (χ4n) is 2.47. The lowest BCUT2D eigenvalue weighted by Crippen LogP contribution is -2.32. The molecule has 3 rings (SSSR count). The second kappa shape index (κ2) is 8.06. The molecule has 3 N–H and O–H groups in total. The second-order valence-corrected chi connectivity index (χ2v) is 7.39. The van der Waals surface area contributed by atoms with E-state index in [2.05, 4.69) is 21.9 Å². The third-order valence-corrected chi connectivity index (χ3v) is 5.19. The maximum atomic E-state index is 12.3. The molecule has 6 nitrogen and oxygen atoms in total. The van der Waals surface area contributed by atoms with Crippen LogP contribution in [0.25, 0.3) is 0 Å². The largest absolute Gasteiger partial charge is 0.342 e. The fourth-order valence-corrected chi connectivity index (χ4v) is 3.46. The molecule has 2 aromatic rings. The highest BCUT2D eigenvalue weighted by atomic mass is 32.1. The van der Waals surface area contributed by atoms with Crippen molar-refractivity contribution in [3.63, 3.8) is 0 Å². The smallest absolute Gasteiger partial charge is 0.262 e. The second-order valence-electron chi connectivity index (χ2n) is 6.34. The van der Waals surface area contributed by atoms with E-state index in [0.717, 1.165) is 18.4 Å². The first-order valence-electron chi connectivity index (χ1n) is 8.52. The van der Waals surface area contributed by atoms with Crippen LogP contribution in [0.3, 0.4) is 0 Å².